The van der Waals surface area contributed by atoms with Gasteiger partial charge in [0.25, 0.3) is 0 Å². The summed E-state index contributed by atoms with van der Waals surface area (Å²) in [4.78, 5) is 13.5. The molecule has 1 atom stereocenters. The first-order chi connectivity index (χ1) is 13.9. The van der Waals surface area contributed by atoms with Gasteiger partial charge < -0.3 is 10.8 Å². The molecule has 1 unspecified atom stereocenters. The maximum absolute atomic E-state index is 15.0. The van der Waals surface area contributed by atoms with Crippen molar-refractivity contribution in [3.05, 3.63) is 56.9 Å². The molecule has 0 spiro atoms. The van der Waals surface area contributed by atoms with E-state index in [1.165, 1.54) is 6.92 Å². The molecule has 2 aromatic carbocycles. The Hall–Kier alpha value is -1.85. The van der Waals surface area contributed by atoms with Crippen LogP contribution in [0.3, 0.4) is 0 Å². The Morgan fingerprint density at radius 2 is 1.53 bits per heavy atom. The number of aryl methyl sites for hydroxylation is 3. The van der Waals surface area contributed by atoms with E-state index in [-0.39, 0.29) is 36.7 Å². The van der Waals surface area contributed by atoms with Gasteiger partial charge in [0.05, 0.1) is 0 Å². The topological polar surface area (TPSA) is 63.3 Å². The molecule has 0 saturated heterocycles. The fraction of sp³-hybridized carbons (Fsp3) is 0.480. The SMILES string of the molecule is CC.CC(=O)C(CN)(Cc1c(C)c(S)cc(C)c1O)Cc1c(C)c(C)cc(C)c1F. The Morgan fingerprint density at radius 1 is 1.00 bits per heavy atom. The smallest absolute Gasteiger partial charge is 0.137 e. The van der Waals surface area contributed by atoms with Crippen molar-refractivity contribution in [1.29, 1.82) is 0 Å². The first-order valence-electron chi connectivity index (χ1n) is 10.4. The van der Waals surface area contributed by atoms with E-state index in [1.807, 2.05) is 40.7 Å². The third kappa shape index (κ3) is 5.06. The largest absolute Gasteiger partial charge is 0.507 e. The molecule has 2 rings (SSSR count). The second-order valence-electron chi connectivity index (χ2n) is 7.99. The van der Waals surface area contributed by atoms with E-state index in [2.05, 4.69) is 12.6 Å². The predicted molar refractivity (Wildman–Crippen MR) is 126 cm³/mol. The van der Waals surface area contributed by atoms with Crippen molar-refractivity contribution >= 4 is 18.4 Å². The number of hydrogen-bond acceptors (Lipinski definition) is 4. The van der Waals surface area contributed by atoms with Crippen molar-refractivity contribution in [2.75, 3.05) is 6.54 Å². The number of ketones is 1. The van der Waals surface area contributed by atoms with E-state index >= 15 is 0 Å². The van der Waals surface area contributed by atoms with Crippen LogP contribution in [0.25, 0.3) is 0 Å². The Kier molecular flexibility index (Phi) is 9.12. The van der Waals surface area contributed by atoms with Crippen LogP contribution in [0.15, 0.2) is 17.0 Å². The summed E-state index contributed by atoms with van der Waals surface area (Å²) >= 11 is 4.49. The average molecular weight is 434 g/mol. The molecule has 166 valence electrons. The lowest BCUT2D eigenvalue weighted by atomic mass is 9.71. The van der Waals surface area contributed by atoms with Crippen LogP contribution in [-0.2, 0) is 17.6 Å². The summed E-state index contributed by atoms with van der Waals surface area (Å²) in [5, 5.41) is 10.6. The molecule has 5 heteroatoms. The molecule has 0 amide bonds. The summed E-state index contributed by atoms with van der Waals surface area (Å²) in [7, 11) is 0. The Labute approximate surface area is 186 Å². The van der Waals surface area contributed by atoms with Crippen molar-refractivity contribution in [2.24, 2.45) is 11.1 Å². The van der Waals surface area contributed by atoms with E-state index in [4.69, 9.17) is 5.73 Å². The zero-order chi connectivity index (χ0) is 23.4. The number of benzene rings is 2. The number of phenols is 1. The van der Waals surface area contributed by atoms with Crippen LogP contribution < -0.4 is 5.73 Å². The minimum absolute atomic E-state index is 0.0585. The molecule has 3 N–H and O–H groups in total. The summed E-state index contributed by atoms with van der Waals surface area (Å²) in [6.07, 6.45) is 0.422. The number of thiol groups is 1. The Balaban J connectivity index is 0.00000218. The van der Waals surface area contributed by atoms with Crippen molar-refractivity contribution in [3.63, 3.8) is 0 Å². The Morgan fingerprint density at radius 3 is 2.03 bits per heavy atom. The number of nitrogens with two attached hydrogens (primary N) is 1. The fourth-order valence-electron chi connectivity index (χ4n) is 3.79. The van der Waals surface area contributed by atoms with Gasteiger partial charge in [-0.2, -0.15) is 0 Å². The number of phenolic OH excluding ortho intramolecular Hbond substituents is 1. The van der Waals surface area contributed by atoms with Crippen LogP contribution in [0.5, 0.6) is 5.75 Å². The number of Topliss-reactive ketones (excluding diaryl/α,β-unsaturated/α-hetero) is 1. The fourth-order valence-corrected chi connectivity index (χ4v) is 4.12. The molecule has 0 fully saturated rings. The predicted octanol–water partition coefficient (Wildman–Crippen LogP) is 5.71. The molecule has 0 heterocycles. The molecule has 0 aliphatic rings. The first kappa shape index (κ1) is 26.2. The molecule has 0 radical (unpaired) electrons. The quantitative estimate of drug-likeness (QED) is 0.512. The van der Waals surface area contributed by atoms with Crippen LogP contribution in [-0.4, -0.2) is 17.4 Å². The standard InChI is InChI=1S/C23H30FNO2S.C2H6/c1-12-7-13(2)21(24)18(15(12)4)9-23(11-25,17(6)26)10-19-16(5)20(28)8-14(3)22(19)27;1-2/h7-8,27-28H,9-11,25H2,1-6H3;1-2H3. The maximum Gasteiger partial charge on any atom is 0.137 e. The summed E-state index contributed by atoms with van der Waals surface area (Å²) in [5.74, 6) is -0.261. The van der Waals surface area contributed by atoms with Gasteiger partial charge in [-0.1, -0.05) is 19.9 Å². The van der Waals surface area contributed by atoms with Crippen LogP contribution in [0, 0.1) is 45.9 Å². The van der Waals surface area contributed by atoms with Gasteiger partial charge in [-0.3, -0.25) is 4.79 Å². The zero-order valence-electron chi connectivity index (χ0n) is 19.5. The minimum atomic E-state index is -1.01. The Bertz CT molecular complexity index is 820. The third-order valence-electron chi connectivity index (χ3n) is 6.11. The van der Waals surface area contributed by atoms with Gasteiger partial charge in [0.15, 0.2) is 0 Å². The van der Waals surface area contributed by atoms with Crippen LogP contribution in [0.4, 0.5) is 4.39 Å². The van der Waals surface area contributed by atoms with Gasteiger partial charge >= 0.3 is 0 Å². The van der Waals surface area contributed by atoms with Gasteiger partial charge in [0, 0.05) is 16.9 Å². The highest BCUT2D eigenvalue weighted by Gasteiger charge is 2.37. The van der Waals surface area contributed by atoms with E-state index in [0.29, 0.717) is 22.3 Å². The molecule has 0 bridgehead atoms. The molecule has 0 aromatic heterocycles. The highest BCUT2D eigenvalue weighted by Crippen LogP contribution is 2.38. The first-order valence-corrected chi connectivity index (χ1v) is 10.9. The third-order valence-corrected chi connectivity index (χ3v) is 6.57. The molecule has 0 aliphatic carbocycles. The molecule has 30 heavy (non-hydrogen) atoms. The summed E-state index contributed by atoms with van der Waals surface area (Å²) < 4.78 is 15.0. The van der Waals surface area contributed by atoms with Gasteiger partial charge in [0.1, 0.15) is 17.3 Å². The van der Waals surface area contributed by atoms with Crippen LogP contribution >= 0.6 is 12.6 Å². The van der Waals surface area contributed by atoms with E-state index in [0.717, 1.165) is 21.6 Å². The lowest BCUT2D eigenvalue weighted by molar-refractivity contribution is -0.126. The molecular weight excluding hydrogens is 397 g/mol. The second kappa shape index (κ2) is 10.5. The zero-order valence-corrected chi connectivity index (χ0v) is 20.4. The number of halogens is 1. The van der Waals surface area contributed by atoms with Gasteiger partial charge in [-0.05, 0) is 99.4 Å². The number of rotatable bonds is 6. The van der Waals surface area contributed by atoms with Gasteiger partial charge in [0.2, 0.25) is 0 Å². The molecule has 0 saturated carbocycles. The maximum atomic E-state index is 15.0. The molecular formula is C25H36FNO2S. The van der Waals surface area contributed by atoms with E-state index in [9.17, 15) is 14.3 Å². The van der Waals surface area contributed by atoms with Crippen LogP contribution in [0.2, 0.25) is 0 Å². The van der Waals surface area contributed by atoms with Crippen LogP contribution in [0.1, 0.15) is 59.7 Å². The minimum Gasteiger partial charge on any atom is -0.507 e. The van der Waals surface area contributed by atoms with Crippen molar-refractivity contribution in [1.82, 2.24) is 0 Å². The van der Waals surface area contributed by atoms with Gasteiger partial charge in [-0.15, -0.1) is 12.6 Å². The highest BCUT2D eigenvalue weighted by atomic mass is 32.1. The lowest BCUT2D eigenvalue weighted by Gasteiger charge is -2.32. The number of aromatic hydroxyl groups is 1. The van der Waals surface area contributed by atoms with Gasteiger partial charge in [-0.25, -0.2) is 4.39 Å². The number of carbonyl (C=O) groups excluding carboxylic acids is 1. The average Bonchev–Trinajstić information content (AvgIpc) is 2.71. The lowest BCUT2D eigenvalue weighted by Crippen LogP contribution is -2.42. The summed E-state index contributed by atoms with van der Waals surface area (Å²) in [6.45, 7) is 14.7. The van der Waals surface area contributed by atoms with Crippen molar-refractivity contribution in [3.8, 4) is 5.75 Å². The second-order valence-corrected chi connectivity index (χ2v) is 8.47. The monoisotopic (exact) mass is 433 g/mol. The highest BCUT2D eigenvalue weighted by molar-refractivity contribution is 7.80. The normalized spacial score (nSPS) is 12.8. The molecule has 2 aromatic rings. The summed E-state index contributed by atoms with van der Waals surface area (Å²) in [6, 6.07) is 3.61. The van der Waals surface area contributed by atoms with E-state index in [1.54, 1.807) is 19.9 Å². The van der Waals surface area contributed by atoms with Crippen molar-refractivity contribution < 1.29 is 14.3 Å². The molecule has 0 aliphatic heterocycles. The summed E-state index contributed by atoms with van der Waals surface area (Å²) in [5.41, 5.74) is 10.1. The van der Waals surface area contributed by atoms with E-state index < -0.39 is 5.41 Å². The van der Waals surface area contributed by atoms with Crippen molar-refractivity contribution in [2.45, 2.75) is 73.1 Å². The number of hydrogen-bond donors (Lipinski definition) is 3. The number of carbonyl (C=O) groups is 1. The molecule has 3 nitrogen and oxygen atoms in total.